The average Bonchev–Trinajstić information content (AvgIpc) is 2.50. The molecule has 2 rings (SSSR count). The molecule has 0 atom stereocenters. The summed E-state index contributed by atoms with van der Waals surface area (Å²) in [6, 6.07) is 7.69. The van der Waals surface area contributed by atoms with Crippen molar-refractivity contribution in [3.63, 3.8) is 0 Å². The molecule has 5 heteroatoms. The third-order valence-electron chi connectivity index (χ3n) is 3.85. The Kier molecular flexibility index (Phi) is 6.51. The van der Waals surface area contributed by atoms with E-state index in [9.17, 15) is 4.79 Å². The number of nitrogens with one attached hydrogen (secondary N) is 1. The van der Waals surface area contributed by atoms with Crippen molar-refractivity contribution < 1.29 is 4.79 Å². The average molecular weight is 354 g/mol. The van der Waals surface area contributed by atoms with E-state index in [0.717, 1.165) is 42.9 Å². The molecule has 1 aromatic carbocycles. The Hall–Kier alpha value is -1.07. The van der Waals surface area contributed by atoms with Gasteiger partial charge in [0.25, 0.3) is 0 Å². The van der Waals surface area contributed by atoms with E-state index >= 15 is 0 Å². The molecule has 0 saturated carbocycles. The molecule has 21 heavy (non-hydrogen) atoms. The van der Waals surface area contributed by atoms with Crippen molar-refractivity contribution in [2.75, 3.05) is 38.0 Å². The van der Waals surface area contributed by atoms with Gasteiger partial charge in [0.2, 0.25) is 0 Å². The maximum atomic E-state index is 12.3. The Balaban J connectivity index is 1.77. The zero-order chi connectivity index (χ0) is 15.1. The monoisotopic (exact) mass is 353 g/mol. The summed E-state index contributed by atoms with van der Waals surface area (Å²) >= 11 is 3.45. The standard InChI is InChI=1S/C16H24BrN3O/c1-2-3-6-9-19-10-12-20(13-11-19)16(21)18-15-8-5-4-7-14(15)17/h4-5,7-8H,2-3,6,9-13H2,1H3,(H,18,21). The topological polar surface area (TPSA) is 35.6 Å². The highest BCUT2D eigenvalue weighted by atomic mass is 79.9. The molecule has 1 N–H and O–H groups in total. The van der Waals surface area contributed by atoms with Gasteiger partial charge in [-0.1, -0.05) is 31.9 Å². The molecule has 1 aliphatic rings. The van der Waals surface area contributed by atoms with Crippen LogP contribution in [0, 0.1) is 0 Å². The molecule has 0 aromatic heterocycles. The van der Waals surface area contributed by atoms with Crippen LogP contribution in [0.2, 0.25) is 0 Å². The second kappa shape index (κ2) is 8.39. The lowest BCUT2D eigenvalue weighted by Gasteiger charge is -2.34. The zero-order valence-corrected chi connectivity index (χ0v) is 14.2. The van der Waals surface area contributed by atoms with Crippen molar-refractivity contribution in [2.24, 2.45) is 0 Å². The molecule has 1 aliphatic heterocycles. The molecular formula is C16H24BrN3O. The van der Waals surface area contributed by atoms with E-state index in [4.69, 9.17) is 0 Å². The van der Waals surface area contributed by atoms with Crippen molar-refractivity contribution in [3.05, 3.63) is 28.7 Å². The second-order valence-electron chi connectivity index (χ2n) is 5.45. The van der Waals surface area contributed by atoms with E-state index in [1.54, 1.807) is 0 Å². The molecule has 2 amide bonds. The van der Waals surface area contributed by atoms with Crippen LogP contribution in [-0.2, 0) is 0 Å². The van der Waals surface area contributed by atoms with Gasteiger partial charge in [0.1, 0.15) is 0 Å². The number of carbonyl (C=O) groups is 1. The first-order valence-electron chi connectivity index (χ1n) is 7.73. The second-order valence-corrected chi connectivity index (χ2v) is 6.30. The first-order valence-corrected chi connectivity index (χ1v) is 8.53. The van der Waals surface area contributed by atoms with Crippen LogP contribution < -0.4 is 5.32 Å². The number of unbranched alkanes of at least 4 members (excludes halogenated alkanes) is 2. The zero-order valence-electron chi connectivity index (χ0n) is 12.6. The largest absolute Gasteiger partial charge is 0.322 e. The number of amides is 2. The van der Waals surface area contributed by atoms with E-state index < -0.39 is 0 Å². The van der Waals surface area contributed by atoms with Crippen molar-refractivity contribution in [3.8, 4) is 0 Å². The number of para-hydroxylation sites is 1. The maximum Gasteiger partial charge on any atom is 0.321 e. The molecule has 0 bridgehead atoms. The van der Waals surface area contributed by atoms with E-state index in [2.05, 4.69) is 33.1 Å². The number of carbonyl (C=O) groups excluding carboxylic acids is 1. The molecule has 1 saturated heterocycles. The van der Waals surface area contributed by atoms with Crippen LogP contribution in [0.25, 0.3) is 0 Å². The lowest BCUT2D eigenvalue weighted by Crippen LogP contribution is -2.50. The van der Waals surface area contributed by atoms with Crippen molar-refractivity contribution >= 4 is 27.6 Å². The van der Waals surface area contributed by atoms with E-state index in [0.29, 0.717) is 0 Å². The SMILES string of the molecule is CCCCCN1CCN(C(=O)Nc2ccccc2Br)CC1. The number of rotatable bonds is 5. The van der Waals surface area contributed by atoms with Gasteiger partial charge in [0, 0.05) is 30.7 Å². The quantitative estimate of drug-likeness (QED) is 0.817. The van der Waals surface area contributed by atoms with Gasteiger partial charge in [0.05, 0.1) is 5.69 Å². The van der Waals surface area contributed by atoms with Crippen LogP contribution in [0.5, 0.6) is 0 Å². The molecule has 4 nitrogen and oxygen atoms in total. The number of hydrogen-bond donors (Lipinski definition) is 1. The summed E-state index contributed by atoms with van der Waals surface area (Å²) in [5, 5.41) is 2.97. The van der Waals surface area contributed by atoms with Gasteiger partial charge >= 0.3 is 6.03 Å². The number of piperazine rings is 1. The Morgan fingerprint density at radius 3 is 2.57 bits per heavy atom. The Bertz CT molecular complexity index is 459. The van der Waals surface area contributed by atoms with Crippen LogP contribution >= 0.6 is 15.9 Å². The van der Waals surface area contributed by atoms with Crippen LogP contribution in [0.15, 0.2) is 28.7 Å². The first kappa shape index (κ1) is 16.3. The number of urea groups is 1. The molecule has 0 aliphatic carbocycles. The minimum atomic E-state index is -0.00453. The molecule has 1 fully saturated rings. The Morgan fingerprint density at radius 1 is 1.19 bits per heavy atom. The number of hydrogen-bond acceptors (Lipinski definition) is 2. The molecule has 116 valence electrons. The van der Waals surface area contributed by atoms with Gasteiger partial charge in [-0.15, -0.1) is 0 Å². The van der Waals surface area contributed by atoms with Crippen molar-refractivity contribution in [2.45, 2.75) is 26.2 Å². The summed E-state index contributed by atoms with van der Waals surface area (Å²) < 4.78 is 0.913. The summed E-state index contributed by atoms with van der Waals surface area (Å²) in [5.41, 5.74) is 0.827. The van der Waals surface area contributed by atoms with E-state index in [1.807, 2.05) is 29.2 Å². The first-order chi connectivity index (χ1) is 10.2. The normalized spacial score (nSPS) is 16.0. The predicted molar refractivity (Wildman–Crippen MR) is 90.7 cm³/mol. The van der Waals surface area contributed by atoms with E-state index in [1.165, 1.54) is 19.3 Å². The van der Waals surface area contributed by atoms with Gasteiger partial charge < -0.3 is 10.2 Å². The number of benzene rings is 1. The smallest absolute Gasteiger partial charge is 0.321 e. The van der Waals surface area contributed by atoms with Gasteiger partial charge in [-0.05, 0) is 41.0 Å². The van der Waals surface area contributed by atoms with E-state index in [-0.39, 0.29) is 6.03 Å². The summed E-state index contributed by atoms with van der Waals surface area (Å²) in [6.45, 7) is 6.96. The minimum absolute atomic E-state index is 0.00453. The highest BCUT2D eigenvalue weighted by molar-refractivity contribution is 9.10. The molecule has 1 heterocycles. The number of anilines is 1. The Labute approximate surface area is 135 Å². The van der Waals surface area contributed by atoms with Crippen molar-refractivity contribution in [1.82, 2.24) is 9.80 Å². The fourth-order valence-electron chi connectivity index (χ4n) is 2.52. The maximum absolute atomic E-state index is 12.3. The Morgan fingerprint density at radius 2 is 1.90 bits per heavy atom. The molecule has 0 unspecified atom stereocenters. The molecular weight excluding hydrogens is 330 g/mol. The number of halogens is 1. The minimum Gasteiger partial charge on any atom is -0.322 e. The number of nitrogens with zero attached hydrogens (tertiary/aromatic N) is 2. The fraction of sp³-hybridized carbons (Fsp3) is 0.562. The van der Waals surface area contributed by atoms with Gasteiger partial charge in [-0.25, -0.2) is 4.79 Å². The third kappa shape index (κ3) is 5.00. The van der Waals surface area contributed by atoms with Crippen LogP contribution in [0.4, 0.5) is 10.5 Å². The molecule has 1 aromatic rings. The van der Waals surface area contributed by atoms with Crippen LogP contribution in [0.1, 0.15) is 26.2 Å². The summed E-state index contributed by atoms with van der Waals surface area (Å²) in [4.78, 5) is 16.6. The lowest BCUT2D eigenvalue weighted by atomic mass is 10.2. The highest BCUT2D eigenvalue weighted by Crippen LogP contribution is 2.21. The summed E-state index contributed by atoms with van der Waals surface area (Å²) in [7, 11) is 0. The van der Waals surface area contributed by atoms with Gasteiger partial charge in [-0.2, -0.15) is 0 Å². The lowest BCUT2D eigenvalue weighted by molar-refractivity contribution is 0.146. The summed E-state index contributed by atoms with van der Waals surface area (Å²) in [6.07, 6.45) is 3.82. The van der Waals surface area contributed by atoms with Crippen LogP contribution in [0.3, 0.4) is 0 Å². The molecule has 0 radical (unpaired) electrons. The van der Waals surface area contributed by atoms with Gasteiger partial charge in [0.15, 0.2) is 0 Å². The van der Waals surface area contributed by atoms with Gasteiger partial charge in [-0.3, -0.25) is 4.90 Å². The molecule has 0 spiro atoms. The summed E-state index contributed by atoms with van der Waals surface area (Å²) in [5.74, 6) is 0. The van der Waals surface area contributed by atoms with Crippen molar-refractivity contribution in [1.29, 1.82) is 0 Å². The third-order valence-corrected chi connectivity index (χ3v) is 4.54. The fourth-order valence-corrected chi connectivity index (χ4v) is 2.90. The predicted octanol–water partition coefficient (Wildman–Crippen LogP) is 3.79. The highest BCUT2D eigenvalue weighted by Gasteiger charge is 2.21. The van der Waals surface area contributed by atoms with Crippen LogP contribution in [-0.4, -0.2) is 48.6 Å².